The third kappa shape index (κ3) is 5.42. The van der Waals surface area contributed by atoms with Gasteiger partial charge in [0.05, 0.1) is 0 Å². The van der Waals surface area contributed by atoms with E-state index in [0.29, 0.717) is 19.1 Å². The molecule has 0 spiro atoms. The smallest absolute Gasteiger partial charge is 0.317 e. The number of urea groups is 1. The van der Waals surface area contributed by atoms with Crippen molar-refractivity contribution in [1.82, 2.24) is 26.1 Å². The zero-order valence-corrected chi connectivity index (χ0v) is 17.8. The molecule has 2 amide bonds. The van der Waals surface area contributed by atoms with Gasteiger partial charge >= 0.3 is 6.03 Å². The normalized spacial score (nSPS) is 18.4. The van der Waals surface area contributed by atoms with Crippen LogP contribution in [-0.4, -0.2) is 42.1 Å². The van der Waals surface area contributed by atoms with Crippen molar-refractivity contribution in [1.29, 1.82) is 0 Å². The maximum absolute atomic E-state index is 13.4. The molecule has 6 nitrogen and oxygen atoms in total. The number of H-pyrrole nitrogens is 1. The summed E-state index contributed by atoms with van der Waals surface area (Å²) in [7, 11) is 1.83. The van der Waals surface area contributed by atoms with E-state index in [9.17, 15) is 9.18 Å². The molecule has 2 heterocycles. The van der Waals surface area contributed by atoms with Crippen LogP contribution in [0.1, 0.15) is 36.4 Å². The molecule has 1 aliphatic heterocycles. The van der Waals surface area contributed by atoms with Gasteiger partial charge in [0.15, 0.2) is 0 Å². The van der Waals surface area contributed by atoms with Gasteiger partial charge in [-0.1, -0.05) is 30.3 Å². The minimum Gasteiger partial charge on any atom is -0.361 e. The average molecular weight is 424 g/mol. The van der Waals surface area contributed by atoms with Crippen LogP contribution in [0.3, 0.4) is 0 Å². The Morgan fingerprint density at radius 2 is 2.06 bits per heavy atom. The lowest BCUT2D eigenvalue weighted by Crippen LogP contribution is -2.39. The second kappa shape index (κ2) is 9.94. The number of benzene rings is 2. The molecule has 2 aromatic carbocycles. The fourth-order valence-corrected chi connectivity index (χ4v) is 4.21. The summed E-state index contributed by atoms with van der Waals surface area (Å²) >= 11 is 0. The molecule has 1 fully saturated rings. The number of fused-ring (bicyclic) bond motifs is 1. The van der Waals surface area contributed by atoms with Gasteiger partial charge in [-0.2, -0.15) is 0 Å². The summed E-state index contributed by atoms with van der Waals surface area (Å²) in [5.74, 6) is -0.208. The van der Waals surface area contributed by atoms with E-state index in [2.05, 4.69) is 33.3 Å². The number of carbonyl (C=O) groups is 1. The first kappa shape index (κ1) is 21.3. The van der Waals surface area contributed by atoms with Crippen LogP contribution in [0, 0.1) is 5.82 Å². The monoisotopic (exact) mass is 423 g/mol. The van der Waals surface area contributed by atoms with Crippen molar-refractivity contribution in [3.63, 3.8) is 0 Å². The quantitative estimate of drug-likeness (QED) is 0.444. The predicted molar refractivity (Wildman–Crippen MR) is 121 cm³/mol. The number of halogens is 1. The molecule has 7 heteroatoms. The lowest BCUT2D eigenvalue weighted by molar-refractivity contribution is 0.207. The van der Waals surface area contributed by atoms with Gasteiger partial charge in [0.25, 0.3) is 0 Å². The molecule has 1 aliphatic rings. The maximum Gasteiger partial charge on any atom is 0.317 e. The number of nitrogens with one attached hydrogen (secondary N) is 4. The van der Waals surface area contributed by atoms with Crippen molar-refractivity contribution in [3.8, 4) is 0 Å². The van der Waals surface area contributed by atoms with Crippen molar-refractivity contribution in [2.24, 2.45) is 0 Å². The van der Waals surface area contributed by atoms with Gasteiger partial charge in [-0.05, 0) is 55.0 Å². The average Bonchev–Trinajstić information content (AvgIpc) is 3.41. The predicted octanol–water partition coefficient (Wildman–Crippen LogP) is 3.88. The summed E-state index contributed by atoms with van der Waals surface area (Å²) in [6, 6.07) is 15.3. The first-order valence-electron chi connectivity index (χ1n) is 10.9. The van der Waals surface area contributed by atoms with E-state index in [1.807, 2.05) is 31.4 Å². The van der Waals surface area contributed by atoms with Crippen LogP contribution < -0.4 is 16.2 Å². The molecule has 2 atom stereocenters. The number of nitrogens with zero attached hydrogens (tertiary/aromatic N) is 1. The van der Waals surface area contributed by atoms with Crippen LogP contribution in [-0.2, 0) is 6.42 Å². The Kier molecular flexibility index (Phi) is 6.84. The van der Waals surface area contributed by atoms with E-state index >= 15 is 0 Å². The molecule has 0 radical (unpaired) electrons. The first-order chi connectivity index (χ1) is 15.1. The van der Waals surface area contributed by atoms with Gasteiger partial charge in [0, 0.05) is 49.3 Å². The van der Waals surface area contributed by atoms with Crippen molar-refractivity contribution in [2.75, 3.05) is 20.1 Å². The second-order valence-electron chi connectivity index (χ2n) is 8.23. The van der Waals surface area contributed by atoms with Crippen LogP contribution in [0.4, 0.5) is 9.18 Å². The number of aromatic amines is 1. The summed E-state index contributed by atoms with van der Waals surface area (Å²) in [5.41, 5.74) is 9.85. The molecule has 0 bridgehead atoms. The molecule has 2 unspecified atom stereocenters. The lowest BCUT2D eigenvalue weighted by Gasteiger charge is -2.19. The molecular weight excluding hydrogens is 393 g/mol. The third-order valence-electron chi connectivity index (χ3n) is 5.97. The van der Waals surface area contributed by atoms with Gasteiger partial charge in [-0.25, -0.2) is 9.18 Å². The topological polar surface area (TPSA) is 72.2 Å². The van der Waals surface area contributed by atoms with Gasteiger partial charge in [0.1, 0.15) is 5.82 Å². The van der Waals surface area contributed by atoms with E-state index in [4.69, 9.17) is 0 Å². The van der Waals surface area contributed by atoms with Crippen LogP contribution in [0.5, 0.6) is 0 Å². The highest BCUT2D eigenvalue weighted by atomic mass is 19.1. The van der Waals surface area contributed by atoms with E-state index in [-0.39, 0.29) is 17.9 Å². The highest BCUT2D eigenvalue weighted by Gasteiger charge is 2.25. The summed E-state index contributed by atoms with van der Waals surface area (Å²) in [6.45, 7) is 1.30. The lowest BCUT2D eigenvalue weighted by atomic mass is 9.99. The molecule has 1 saturated heterocycles. The number of amides is 2. The molecule has 0 saturated carbocycles. The number of para-hydroxylation sites is 1. The minimum absolute atomic E-state index is 0.0463. The van der Waals surface area contributed by atoms with Crippen molar-refractivity contribution in [2.45, 2.75) is 37.8 Å². The van der Waals surface area contributed by atoms with Crippen LogP contribution >= 0.6 is 0 Å². The second-order valence-corrected chi connectivity index (χ2v) is 8.23. The largest absolute Gasteiger partial charge is 0.361 e. The summed E-state index contributed by atoms with van der Waals surface area (Å²) < 4.78 is 13.4. The van der Waals surface area contributed by atoms with Crippen molar-refractivity contribution in [3.05, 3.63) is 71.7 Å². The van der Waals surface area contributed by atoms with Gasteiger partial charge < -0.3 is 15.2 Å². The van der Waals surface area contributed by atoms with E-state index < -0.39 is 0 Å². The van der Waals surface area contributed by atoms with Gasteiger partial charge in [-0.3, -0.25) is 10.9 Å². The van der Waals surface area contributed by atoms with Gasteiger partial charge in [0.2, 0.25) is 0 Å². The Balaban J connectivity index is 1.14. The molecule has 1 aromatic heterocycles. The summed E-state index contributed by atoms with van der Waals surface area (Å²) in [5, 5.41) is 4.22. The van der Waals surface area contributed by atoms with E-state index in [1.165, 1.54) is 17.0 Å². The highest BCUT2D eigenvalue weighted by Crippen LogP contribution is 2.24. The summed E-state index contributed by atoms with van der Waals surface area (Å²) in [6.07, 6.45) is 5.57. The first-order valence-corrected chi connectivity index (χ1v) is 10.9. The minimum atomic E-state index is -0.208. The Morgan fingerprint density at radius 1 is 1.19 bits per heavy atom. The number of carbonyl (C=O) groups excluding carboxylic acids is 1. The van der Waals surface area contributed by atoms with Crippen molar-refractivity contribution >= 4 is 16.9 Å². The SMILES string of the molecule is CN(CCCC1CC(c2cccc(F)c2)NN1)C(=O)NCCc1c[nH]c2ccccc12. The fraction of sp³-hybridized carbons (Fsp3) is 0.375. The number of aromatic nitrogens is 1. The summed E-state index contributed by atoms with van der Waals surface area (Å²) in [4.78, 5) is 17.4. The molecule has 4 rings (SSSR count). The fourth-order valence-electron chi connectivity index (χ4n) is 4.21. The molecule has 0 aliphatic carbocycles. The number of rotatable bonds is 8. The molecular formula is C24H30FN5O. The Labute approximate surface area is 182 Å². The molecule has 164 valence electrons. The molecule has 4 N–H and O–H groups in total. The Bertz CT molecular complexity index is 1020. The van der Waals surface area contributed by atoms with Gasteiger partial charge in [-0.15, -0.1) is 0 Å². The maximum atomic E-state index is 13.4. The van der Waals surface area contributed by atoms with E-state index in [1.54, 1.807) is 17.0 Å². The Morgan fingerprint density at radius 3 is 2.94 bits per heavy atom. The molecule has 3 aromatic rings. The standard InChI is InChI=1S/C24H30FN5O/c1-30(24(31)26-12-11-18-16-27-22-10-3-2-9-21(18)22)13-5-8-20-15-23(29-28-20)17-6-4-7-19(25)14-17/h2-4,6-7,9-10,14,16,20,23,27-29H,5,8,11-13,15H2,1H3,(H,26,31). The van der Waals surface area contributed by atoms with Crippen LogP contribution in [0.25, 0.3) is 10.9 Å². The Hall–Kier alpha value is -2.90. The zero-order chi connectivity index (χ0) is 21.6. The number of hydrazine groups is 1. The number of hydrogen-bond donors (Lipinski definition) is 4. The van der Waals surface area contributed by atoms with E-state index in [0.717, 1.165) is 36.8 Å². The van der Waals surface area contributed by atoms with Crippen LogP contribution in [0.2, 0.25) is 0 Å². The zero-order valence-electron chi connectivity index (χ0n) is 17.8. The van der Waals surface area contributed by atoms with Crippen LogP contribution in [0.15, 0.2) is 54.7 Å². The highest BCUT2D eigenvalue weighted by molar-refractivity contribution is 5.83. The molecule has 31 heavy (non-hydrogen) atoms. The number of hydrogen-bond acceptors (Lipinski definition) is 3. The third-order valence-corrected chi connectivity index (χ3v) is 5.97. The van der Waals surface area contributed by atoms with Crippen molar-refractivity contribution < 1.29 is 9.18 Å².